The minimum absolute atomic E-state index is 0.641. The highest BCUT2D eigenvalue weighted by atomic mass is 15.1. The second-order valence-electron chi connectivity index (χ2n) is 6.11. The van der Waals surface area contributed by atoms with Crippen molar-refractivity contribution in [1.82, 2.24) is 24.8 Å². The zero-order chi connectivity index (χ0) is 14.7. The molecule has 2 heterocycles. The number of aromatic nitrogens is 4. The largest absolute Gasteiger partial charge is 0.311 e. The molecule has 21 heavy (non-hydrogen) atoms. The van der Waals surface area contributed by atoms with E-state index in [9.17, 15) is 0 Å². The van der Waals surface area contributed by atoms with E-state index in [1.807, 2.05) is 18.7 Å². The summed E-state index contributed by atoms with van der Waals surface area (Å²) in [6.07, 6.45) is 10.2. The van der Waals surface area contributed by atoms with Crippen LogP contribution in [0, 0.1) is 5.92 Å². The van der Waals surface area contributed by atoms with Crippen LogP contribution in [0.2, 0.25) is 0 Å². The van der Waals surface area contributed by atoms with Crippen molar-refractivity contribution in [3.63, 3.8) is 0 Å². The summed E-state index contributed by atoms with van der Waals surface area (Å²) in [6, 6.07) is 0. The molecule has 3 rings (SSSR count). The molecule has 0 fully saturated rings. The van der Waals surface area contributed by atoms with E-state index >= 15 is 0 Å². The van der Waals surface area contributed by atoms with E-state index in [1.165, 1.54) is 24.2 Å². The maximum atomic E-state index is 4.72. The molecule has 1 N–H and O–H groups in total. The summed E-state index contributed by atoms with van der Waals surface area (Å²) in [6.45, 7) is 6.15. The maximum Gasteiger partial charge on any atom is 0.156 e. The highest BCUT2D eigenvalue weighted by Crippen LogP contribution is 2.22. The number of hydrogen-bond acceptors (Lipinski definition) is 4. The van der Waals surface area contributed by atoms with Crippen LogP contribution in [0.25, 0.3) is 5.82 Å². The lowest BCUT2D eigenvalue weighted by Gasteiger charge is -2.14. The third kappa shape index (κ3) is 3.29. The Morgan fingerprint density at radius 1 is 1.24 bits per heavy atom. The summed E-state index contributed by atoms with van der Waals surface area (Å²) in [7, 11) is 0. The molecular formula is C16H23N5. The first-order valence-electron chi connectivity index (χ1n) is 7.81. The Labute approximate surface area is 125 Å². The summed E-state index contributed by atoms with van der Waals surface area (Å²) in [5.74, 6) is 1.52. The van der Waals surface area contributed by atoms with Gasteiger partial charge >= 0.3 is 0 Å². The Morgan fingerprint density at radius 3 is 2.95 bits per heavy atom. The van der Waals surface area contributed by atoms with Crippen molar-refractivity contribution in [3.8, 4) is 5.82 Å². The van der Waals surface area contributed by atoms with Crippen LogP contribution < -0.4 is 5.32 Å². The molecule has 2 aromatic heterocycles. The number of hydrogen-bond donors (Lipinski definition) is 1. The van der Waals surface area contributed by atoms with Crippen molar-refractivity contribution in [3.05, 3.63) is 35.8 Å². The number of nitrogens with zero attached hydrogens (tertiary/aromatic N) is 4. The van der Waals surface area contributed by atoms with E-state index in [0.29, 0.717) is 5.92 Å². The zero-order valence-corrected chi connectivity index (χ0v) is 12.8. The van der Waals surface area contributed by atoms with Crippen molar-refractivity contribution in [2.75, 3.05) is 6.54 Å². The third-order valence-corrected chi connectivity index (χ3v) is 3.81. The molecule has 5 nitrogen and oxygen atoms in total. The normalized spacial score (nSPS) is 14.4. The summed E-state index contributed by atoms with van der Waals surface area (Å²) in [5.41, 5.74) is 3.51. The highest BCUT2D eigenvalue weighted by molar-refractivity contribution is 5.28. The fourth-order valence-electron chi connectivity index (χ4n) is 2.75. The molecule has 0 aromatic carbocycles. The Bertz CT molecular complexity index is 602. The van der Waals surface area contributed by atoms with Crippen LogP contribution in [0.5, 0.6) is 0 Å². The van der Waals surface area contributed by atoms with E-state index in [0.717, 1.165) is 37.4 Å². The topological polar surface area (TPSA) is 55.6 Å². The summed E-state index contributed by atoms with van der Waals surface area (Å²) < 4.78 is 2.10. The average molecular weight is 285 g/mol. The van der Waals surface area contributed by atoms with Crippen LogP contribution in [-0.2, 0) is 19.4 Å². The summed E-state index contributed by atoms with van der Waals surface area (Å²) in [5, 5.41) is 3.41. The molecule has 0 atom stereocenters. The zero-order valence-electron chi connectivity index (χ0n) is 12.8. The smallest absolute Gasteiger partial charge is 0.156 e. The Balaban J connectivity index is 1.78. The predicted octanol–water partition coefficient (Wildman–Crippen LogP) is 2.29. The first-order valence-corrected chi connectivity index (χ1v) is 7.81. The van der Waals surface area contributed by atoms with E-state index in [1.54, 1.807) is 0 Å². The van der Waals surface area contributed by atoms with Crippen molar-refractivity contribution in [2.45, 2.75) is 46.1 Å². The second kappa shape index (κ2) is 6.35. The van der Waals surface area contributed by atoms with Gasteiger partial charge in [0.2, 0.25) is 0 Å². The Kier molecular flexibility index (Phi) is 4.29. The summed E-state index contributed by atoms with van der Waals surface area (Å²) >= 11 is 0. The maximum absolute atomic E-state index is 4.72. The SMILES string of the molecule is CC(C)CNCc1cncc(-n2cnc3c2CCCC3)n1. The lowest BCUT2D eigenvalue weighted by atomic mass is 10.0. The molecule has 1 aliphatic rings. The number of aryl methyl sites for hydroxylation is 1. The van der Waals surface area contributed by atoms with Gasteiger partial charge in [0.1, 0.15) is 6.33 Å². The third-order valence-electron chi connectivity index (χ3n) is 3.81. The summed E-state index contributed by atoms with van der Waals surface area (Å²) in [4.78, 5) is 13.6. The van der Waals surface area contributed by atoms with Crippen LogP contribution in [0.4, 0.5) is 0 Å². The van der Waals surface area contributed by atoms with E-state index < -0.39 is 0 Å². The van der Waals surface area contributed by atoms with Gasteiger partial charge in [0.25, 0.3) is 0 Å². The molecule has 0 bridgehead atoms. The standard InChI is InChI=1S/C16H23N5/c1-12(2)7-17-8-13-9-18-10-16(20-13)21-11-19-14-5-3-4-6-15(14)21/h9-12,17H,3-8H2,1-2H3. The van der Waals surface area contributed by atoms with Crippen molar-refractivity contribution >= 4 is 0 Å². The quantitative estimate of drug-likeness (QED) is 0.915. The van der Waals surface area contributed by atoms with Gasteiger partial charge in [0.15, 0.2) is 5.82 Å². The van der Waals surface area contributed by atoms with Crippen LogP contribution in [0.15, 0.2) is 18.7 Å². The number of nitrogens with one attached hydrogen (secondary N) is 1. The molecule has 0 radical (unpaired) electrons. The average Bonchev–Trinajstić information content (AvgIpc) is 2.91. The molecular weight excluding hydrogens is 262 g/mol. The van der Waals surface area contributed by atoms with Gasteiger partial charge in [0, 0.05) is 18.4 Å². The second-order valence-corrected chi connectivity index (χ2v) is 6.11. The fraction of sp³-hybridized carbons (Fsp3) is 0.562. The van der Waals surface area contributed by atoms with E-state index in [2.05, 4.69) is 33.7 Å². The van der Waals surface area contributed by atoms with Gasteiger partial charge in [0.05, 0.1) is 17.6 Å². The number of fused-ring (bicyclic) bond motifs is 1. The van der Waals surface area contributed by atoms with Gasteiger partial charge in [-0.25, -0.2) is 9.97 Å². The fourth-order valence-corrected chi connectivity index (χ4v) is 2.75. The molecule has 0 unspecified atom stereocenters. The number of imidazole rings is 1. The highest BCUT2D eigenvalue weighted by Gasteiger charge is 2.16. The van der Waals surface area contributed by atoms with Crippen LogP contribution >= 0.6 is 0 Å². The lowest BCUT2D eigenvalue weighted by molar-refractivity contribution is 0.547. The van der Waals surface area contributed by atoms with E-state index in [4.69, 9.17) is 4.98 Å². The Hall–Kier alpha value is -1.75. The van der Waals surface area contributed by atoms with Crippen LogP contribution in [0.3, 0.4) is 0 Å². The Morgan fingerprint density at radius 2 is 2.10 bits per heavy atom. The van der Waals surface area contributed by atoms with Gasteiger partial charge < -0.3 is 5.32 Å². The molecule has 0 saturated heterocycles. The molecule has 112 valence electrons. The minimum atomic E-state index is 0.641. The van der Waals surface area contributed by atoms with Crippen LogP contribution in [0.1, 0.15) is 43.8 Å². The first-order chi connectivity index (χ1) is 10.2. The molecule has 5 heteroatoms. The molecule has 2 aromatic rings. The van der Waals surface area contributed by atoms with Crippen molar-refractivity contribution in [1.29, 1.82) is 0 Å². The lowest BCUT2D eigenvalue weighted by Crippen LogP contribution is -2.20. The van der Waals surface area contributed by atoms with Gasteiger partial charge in [-0.15, -0.1) is 0 Å². The molecule has 1 aliphatic carbocycles. The van der Waals surface area contributed by atoms with Crippen molar-refractivity contribution in [2.24, 2.45) is 5.92 Å². The predicted molar refractivity (Wildman–Crippen MR) is 82.3 cm³/mol. The molecule has 0 spiro atoms. The molecule has 0 amide bonds. The molecule has 0 saturated carbocycles. The monoisotopic (exact) mass is 285 g/mol. The molecule has 0 aliphatic heterocycles. The van der Waals surface area contributed by atoms with Crippen molar-refractivity contribution < 1.29 is 0 Å². The first kappa shape index (κ1) is 14.2. The van der Waals surface area contributed by atoms with Gasteiger partial charge in [-0.2, -0.15) is 0 Å². The van der Waals surface area contributed by atoms with E-state index in [-0.39, 0.29) is 0 Å². The van der Waals surface area contributed by atoms with Gasteiger partial charge in [-0.1, -0.05) is 13.8 Å². The number of rotatable bonds is 5. The van der Waals surface area contributed by atoms with Gasteiger partial charge in [-0.05, 0) is 38.1 Å². The minimum Gasteiger partial charge on any atom is -0.311 e. The van der Waals surface area contributed by atoms with Crippen LogP contribution in [-0.4, -0.2) is 26.1 Å². The van der Waals surface area contributed by atoms with Gasteiger partial charge in [-0.3, -0.25) is 9.55 Å².